The monoisotopic (exact) mass is 289 g/mol. The summed E-state index contributed by atoms with van der Waals surface area (Å²) < 4.78 is 5.62. The number of anilines is 1. The van der Waals surface area contributed by atoms with E-state index in [2.05, 4.69) is 27.2 Å². The summed E-state index contributed by atoms with van der Waals surface area (Å²) in [6, 6.07) is 3.68. The minimum atomic E-state index is -0.556. The van der Waals surface area contributed by atoms with Crippen LogP contribution in [0.25, 0.3) is 0 Å². The fourth-order valence-electron chi connectivity index (χ4n) is 1.77. The van der Waals surface area contributed by atoms with Gasteiger partial charge in [0.15, 0.2) is 5.82 Å². The van der Waals surface area contributed by atoms with Crippen LogP contribution in [0, 0.1) is 0 Å². The number of carbonyl (C=O) groups is 1. The molecule has 0 aliphatic rings. The number of primary amides is 1. The van der Waals surface area contributed by atoms with Crippen molar-refractivity contribution in [2.24, 2.45) is 5.73 Å². The highest BCUT2D eigenvalue weighted by atomic mass is 16.5. The second-order valence-corrected chi connectivity index (χ2v) is 4.53. The van der Waals surface area contributed by atoms with Gasteiger partial charge >= 0.3 is 0 Å². The number of hydrogen-bond donors (Lipinski definition) is 3. The molecule has 21 heavy (non-hydrogen) atoms. The summed E-state index contributed by atoms with van der Waals surface area (Å²) >= 11 is 0. The van der Waals surface area contributed by atoms with E-state index in [0.29, 0.717) is 19.0 Å². The lowest BCUT2D eigenvalue weighted by molar-refractivity contribution is 0.0997. The molecule has 7 heteroatoms. The average Bonchev–Trinajstić information content (AvgIpc) is 2.94. The predicted molar refractivity (Wildman–Crippen MR) is 79.1 cm³/mol. The van der Waals surface area contributed by atoms with E-state index in [-0.39, 0.29) is 5.69 Å². The summed E-state index contributed by atoms with van der Waals surface area (Å²) in [5, 5.41) is 3.02. The highest BCUT2D eigenvalue weighted by Crippen LogP contribution is 2.14. The molecule has 0 spiro atoms. The molecule has 2 aromatic rings. The van der Waals surface area contributed by atoms with Crippen LogP contribution >= 0.6 is 0 Å². The first-order valence-corrected chi connectivity index (χ1v) is 6.85. The number of hydrogen-bond acceptors (Lipinski definition) is 5. The van der Waals surface area contributed by atoms with E-state index < -0.39 is 5.91 Å². The molecule has 0 atom stereocenters. The number of H-pyrrole nitrogens is 1. The van der Waals surface area contributed by atoms with Crippen molar-refractivity contribution in [2.45, 2.75) is 26.3 Å². The molecule has 2 aromatic heterocycles. The molecule has 2 heterocycles. The summed E-state index contributed by atoms with van der Waals surface area (Å²) in [7, 11) is 0. The third-order valence-electron chi connectivity index (χ3n) is 2.88. The zero-order chi connectivity index (χ0) is 15.1. The Morgan fingerprint density at radius 3 is 3.10 bits per heavy atom. The van der Waals surface area contributed by atoms with E-state index in [9.17, 15) is 4.79 Å². The standard InChI is InChI=1S/C14H19N5O2/c1-2-3-6-21-11-4-5-16-10(7-11)8-17-14-12(13(15)20)18-9-19-14/h4-5,7,9,17H,2-3,6,8H2,1H3,(H2,15,20)(H,18,19). The molecule has 112 valence electrons. The Morgan fingerprint density at radius 1 is 1.48 bits per heavy atom. The Balaban J connectivity index is 1.95. The maximum absolute atomic E-state index is 11.2. The number of nitrogens with two attached hydrogens (primary N) is 1. The van der Waals surface area contributed by atoms with Gasteiger partial charge in [0.2, 0.25) is 0 Å². The van der Waals surface area contributed by atoms with Crippen molar-refractivity contribution in [1.82, 2.24) is 15.0 Å². The number of imidazole rings is 1. The van der Waals surface area contributed by atoms with Crippen LogP contribution in [-0.4, -0.2) is 27.5 Å². The van der Waals surface area contributed by atoms with E-state index in [1.54, 1.807) is 6.20 Å². The normalized spacial score (nSPS) is 10.3. The predicted octanol–water partition coefficient (Wildman–Crippen LogP) is 1.69. The van der Waals surface area contributed by atoms with E-state index >= 15 is 0 Å². The quantitative estimate of drug-likeness (QED) is 0.641. The summed E-state index contributed by atoms with van der Waals surface area (Å²) in [4.78, 5) is 22.1. The van der Waals surface area contributed by atoms with Crippen LogP contribution in [-0.2, 0) is 6.54 Å². The van der Waals surface area contributed by atoms with Crippen LogP contribution in [0.5, 0.6) is 5.75 Å². The van der Waals surface area contributed by atoms with Gasteiger partial charge in [-0.15, -0.1) is 0 Å². The highest BCUT2D eigenvalue weighted by Gasteiger charge is 2.10. The molecule has 0 fully saturated rings. The van der Waals surface area contributed by atoms with Gasteiger partial charge < -0.3 is 20.8 Å². The van der Waals surface area contributed by atoms with Gasteiger partial charge in [-0.2, -0.15) is 0 Å². The zero-order valence-electron chi connectivity index (χ0n) is 11.9. The molecule has 7 nitrogen and oxygen atoms in total. The molecule has 0 aromatic carbocycles. The Morgan fingerprint density at radius 2 is 2.33 bits per heavy atom. The van der Waals surface area contributed by atoms with Crippen LogP contribution in [0.4, 0.5) is 5.82 Å². The molecule has 1 amide bonds. The lowest BCUT2D eigenvalue weighted by Crippen LogP contribution is -2.14. The molecule has 0 saturated carbocycles. The number of nitrogens with zero attached hydrogens (tertiary/aromatic N) is 2. The van der Waals surface area contributed by atoms with Crippen molar-refractivity contribution < 1.29 is 9.53 Å². The number of nitrogens with one attached hydrogen (secondary N) is 2. The Bertz CT molecular complexity index is 597. The smallest absolute Gasteiger partial charge is 0.269 e. The first kappa shape index (κ1) is 14.8. The Labute approximate surface area is 122 Å². The first-order valence-electron chi connectivity index (χ1n) is 6.85. The number of aromatic amines is 1. The van der Waals surface area contributed by atoms with Crippen LogP contribution in [0.15, 0.2) is 24.7 Å². The third kappa shape index (κ3) is 4.20. The fraction of sp³-hybridized carbons (Fsp3) is 0.357. The molecule has 2 rings (SSSR count). The van der Waals surface area contributed by atoms with E-state index in [1.165, 1.54) is 6.33 Å². The van der Waals surface area contributed by atoms with Crippen molar-refractivity contribution in [3.8, 4) is 5.75 Å². The van der Waals surface area contributed by atoms with Crippen LogP contribution in [0.3, 0.4) is 0 Å². The fourth-order valence-corrected chi connectivity index (χ4v) is 1.77. The van der Waals surface area contributed by atoms with E-state index in [0.717, 1.165) is 24.3 Å². The van der Waals surface area contributed by atoms with Crippen molar-refractivity contribution in [3.05, 3.63) is 36.0 Å². The number of carbonyl (C=O) groups excluding carboxylic acids is 1. The number of amides is 1. The number of aromatic nitrogens is 3. The minimum absolute atomic E-state index is 0.255. The van der Waals surface area contributed by atoms with Gasteiger partial charge in [-0.05, 0) is 12.5 Å². The van der Waals surface area contributed by atoms with Gasteiger partial charge in [-0.3, -0.25) is 9.78 Å². The molecule has 0 saturated heterocycles. The Kier molecular flexibility index (Phi) is 5.14. The van der Waals surface area contributed by atoms with Gasteiger partial charge in [0.25, 0.3) is 5.91 Å². The van der Waals surface area contributed by atoms with Gasteiger partial charge in [-0.25, -0.2) is 4.98 Å². The number of rotatable bonds is 8. The van der Waals surface area contributed by atoms with Crippen molar-refractivity contribution in [2.75, 3.05) is 11.9 Å². The van der Waals surface area contributed by atoms with E-state index in [4.69, 9.17) is 10.5 Å². The van der Waals surface area contributed by atoms with E-state index in [1.807, 2.05) is 12.1 Å². The van der Waals surface area contributed by atoms with Gasteiger partial charge in [0.05, 0.1) is 25.2 Å². The van der Waals surface area contributed by atoms with Crippen molar-refractivity contribution in [3.63, 3.8) is 0 Å². The van der Waals surface area contributed by atoms with Gasteiger partial charge in [-0.1, -0.05) is 13.3 Å². The molecule has 0 aliphatic heterocycles. The van der Waals surface area contributed by atoms with Gasteiger partial charge in [0.1, 0.15) is 11.4 Å². The molecule has 0 radical (unpaired) electrons. The first-order chi connectivity index (χ1) is 10.2. The van der Waals surface area contributed by atoms with Crippen LogP contribution in [0.2, 0.25) is 0 Å². The molecular weight excluding hydrogens is 270 g/mol. The Hall–Kier alpha value is -2.57. The lowest BCUT2D eigenvalue weighted by atomic mass is 10.3. The second kappa shape index (κ2) is 7.28. The maximum Gasteiger partial charge on any atom is 0.269 e. The molecule has 4 N–H and O–H groups in total. The van der Waals surface area contributed by atoms with Gasteiger partial charge in [0, 0.05) is 12.3 Å². The van der Waals surface area contributed by atoms with Crippen LogP contribution < -0.4 is 15.8 Å². The highest BCUT2D eigenvalue weighted by molar-refractivity contribution is 5.95. The number of pyridine rings is 1. The minimum Gasteiger partial charge on any atom is -0.493 e. The summed E-state index contributed by atoms with van der Waals surface area (Å²) in [6.07, 6.45) is 5.22. The molecular formula is C14H19N5O2. The topological polar surface area (TPSA) is 106 Å². The largest absolute Gasteiger partial charge is 0.493 e. The molecule has 0 bridgehead atoms. The average molecular weight is 289 g/mol. The maximum atomic E-state index is 11.2. The summed E-state index contributed by atoms with van der Waals surface area (Å²) in [5.41, 5.74) is 6.28. The lowest BCUT2D eigenvalue weighted by Gasteiger charge is -2.08. The zero-order valence-corrected chi connectivity index (χ0v) is 11.9. The van der Waals surface area contributed by atoms with Crippen molar-refractivity contribution in [1.29, 1.82) is 0 Å². The molecule has 0 unspecified atom stereocenters. The van der Waals surface area contributed by atoms with Crippen LogP contribution in [0.1, 0.15) is 35.9 Å². The number of ether oxygens (including phenoxy) is 1. The SMILES string of the molecule is CCCCOc1ccnc(CNc2nc[nH]c2C(N)=O)c1. The number of unbranched alkanes of at least 4 members (excludes halogenated alkanes) is 1. The molecule has 0 aliphatic carbocycles. The summed E-state index contributed by atoms with van der Waals surface area (Å²) in [6.45, 7) is 3.24. The van der Waals surface area contributed by atoms with Crippen molar-refractivity contribution >= 4 is 11.7 Å². The second-order valence-electron chi connectivity index (χ2n) is 4.53. The third-order valence-corrected chi connectivity index (χ3v) is 2.88. The summed E-state index contributed by atoms with van der Waals surface area (Å²) in [5.74, 6) is 0.647.